The zero-order chi connectivity index (χ0) is 20.4. The highest BCUT2D eigenvalue weighted by Crippen LogP contribution is 2.54. The lowest BCUT2D eigenvalue weighted by molar-refractivity contribution is -0.00387. The summed E-state index contributed by atoms with van der Waals surface area (Å²) in [6.45, 7) is 1.49. The summed E-state index contributed by atoms with van der Waals surface area (Å²) in [6, 6.07) is 7.09. The summed E-state index contributed by atoms with van der Waals surface area (Å²) in [5.74, 6) is 2.03. The van der Waals surface area contributed by atoms with Crippen LogP contribution >= 0.6 is 0 Å². The molecule has 5 rings (SSSR count). The van der Waals surface area contributed by atoms with Crippen molar-refractivity contribution in [2.75, 3.05) is 19.9 Å². The molecular formula is C25H35NO4. The van der Waals surface area contributed by atoms with E-state index in [1.165, 1.54) is 62.5 Å². The number of piperidine rings is 1. The van der Waals surface area contributed by atoms with Crippen molar-refractivity contribution in [2.45, 2.75) is 82.1 Å². The standard InChI is InChI=1S/C25H35NO4/c27-24(28-16-18-6-2-1-3-7-18)30-17-29-20-10-9-19-14-23-21-8-4-5-11-25(21,12-13-26-23)22(19)15-20/h9-10,15,18,21,23,26H,1-8,11-14,16-17H2/t21-,23-,25+/m1/s1. The number of benzene rings is 1. The molecule has 3 aliphatic carbocycles. The predicted octanol–water partition coefficient (Wildman–Crippen LogP) is 5.10. The number of carbonyl (C=O) groups is 1. The van der Waals surface area contributed by atoms with Crippen molar-refractivity contribution in [1.29, 1.82) is 0 Å². The van der Waals surface area contributed by atoms with Gasteiger partial charge in [-0.15, -0.1) is 0 Å². The summed E-state index contributed by atoms with van der Waals surface area (Å²) < 4.78 is 16.3. The van der Waals surface area contributed by atoms with Crippen molar-refractivity contribution in [3.05, 3.63) is 29.3 Å². The number of hydrogen-bond donors (Lipinski definition) is 1. The third kappa shape index (κ3) is 3.93. The first-order chi connectivity index (χ1) is 14.7. The van der Waals surface area contributed by atoms with Gasteiger partial charge in [0.15, 0.2) is 0 Å². The van der Waals surface area contributed by atoms with Crippen LogP contribution in [0.3, 0.4) is 0 Å². The summed E-state index contributed by atoms with van der Waals surface area (Å²) in [7, 11) is 0. The van der Waals surface area contributed by atoms with Gasteiger partial charge in [0.05, 0.1) is 6.61 Å². The van der Waals surface area contributed by atoms with Crippen LogP contribution < -0.4 is 10.1 Å². The summed E-state index contributed by atoms with van der Waals surface area (Å²) >= 11 is 0. The van der Waals surface area contributed by atoms with Crippen LogP contribution in [0.5, 0.6) is 5.75 Å². The monoisotopic (exact) mass is 413 g/mol. The molecular weight excluding hydrogens is 378 g/mol. The summed E-state index contributed by atoms with van der Waals surface area (Å²) in [5, 5.41) is 3.78. The normalized spacial score (nSPS) is 30.7. The molecule has 0 radical (unpaired) electrons. The number of hydrogen-bond acceptors (Lipinski definition) is 5. The Balaban J connectivity index is 1.18. The molecule has 1 aromatic rings. The van der Waals surface area contributed by atoms with E-state index < -0.39 is 6.16 Å². The van der Waals surface area contributed by atoms with Crippen LogP contribution in [0, 0.1) is 11.8 Å². The van der Waals surface area contributed by atoms with E-state index in [0.717, 1.165) is 37.5 Å². The predicted molar refractivity (Wildman–Crippen MR) is 115 cm³/mol. The molecule has 5 heteroatoms. The van der Waals surface area contributed by atoms with Gasteiger partial charge in [-0.25, -0.2) is 4.79 Å². The van der Waals surface area contributed by atoms with Crippen molar-refractivity contribution >= 4 is 6.16 Å². The van der Waals surface area contributed by atoms with E-state index in [2.05, 4.69) is 17.4 Å². The van der Waals surface area contributed by atoms with Crippen molar-refractivity contribution in [3.8, 4) is 5.75 Å². The lowest BCUT2D eigenvalue weighted by Gasteiger charge is -2.56. The molecule has 1 saturated heterocycles. The minimum atomic E-state index is -0.620. The highest BCUT2D eigenvalue weighted by molar-refractivity contribution is 5.59. The van der Waals surface area contributed by atoms with Gasteiger partial charge in [-0.3, -0.25) is 0 Å². The largest absolute Gasteiger partial charge is 0.511 e. The van der Waals surface area contributed by atoms with Crippen molar-refractivity contribution in [2.24, 2.45) is 11.8 Å². The maximum absolute atomic E-state index is 11.9. The first-order valence-electron chi connectivity index (χ1n) is 12.0. The average molecular weight is 414 g/mol. The Bertz CT molecular complexity index is 756. The molecule has 3 fully saturated rings. The van der Waals surface area contributed by atoms with Gasteiger partial charge in [-0.2, -0.15) is 0 Å². The third-order valence-electron chi connectivity index (χ3n) is 8.18. The zero-order valence-corrected chi connectivity index (χ0v) is 18.0. The fourth-order valence-corrected chi connectivity index (χ4v) is 6.72. The second-order valence-corrected chi connectivity index (χ2v) is 9.81. The molecule has 1 heterocycles. The van der Waals surface area contributed by atoms with Gasteiger partial charge < -0.3 is 19.5 Å². The van der Waals surface area contributed by atoms with Crippen molar-refractivity contribution in [3.63, 3.8) is 0 Å². The second-order valence-electron chi connectivity index (χ2n) is 9.81. The molecule has 4 aliphatic rings. The van der Waals surface area contributed by atoms with Crippen molar-refractivity contribution in [1.82, 2.24) is 5.32 Å². The molecule has 1 N–H and O–H groups in total. The third-order valence-corrected chi connectivity index (χ3v) is 8.18. The van der Waals surface area contributed by atoms with E-state index in [4.69, 9.17) is 14.2 Å². The summed E-state index contributed by atoms with van der Waals surface area (Å²) in [6.07, 6.45) is 13.1. The molecule has 5 nitrogen and oxygen atoms in total. The maximum Gasteiger partial charge on any atom is 0.511 e. The zero-order valence-electron chi connectivity index (χ0n) is 18.0. The van der Waals surface area contributed by atoms with Crippen molar-refractivity contribution < 1.29 is 19.0 Å². The van der Waals surface area contributed by atoms with E-state index in [1.807, 2.05) is 6.07 Å². The molecule has 0 aromatic heterocycles. The Morgan fingerprint density at radius 1 is 1.03 bits per heavy atom. The Morgan fingerprint density at radius 2 is 1.90 bits per heavy atom. The van der Waals surface area contributed by atoms with Crippen LogP contribution in [0.1, 0.15) is 75.3 Å². The Kier molecular flexibility index (Phi) is 5.90. The molecule has 2 saturated carbocycles. The van der Waals surface area contributed by atoms with Gasteiger partial charge in [0.2, 0.25) is 6.79 Å². The van der Waals surface area contributed by atoms with E-state index in [-0.39, 0.29) is 6.79 Å². The Hall–Kier alpha value is -1.75. The van der Waals surface area contributed by atoms with E-state index in [9.17, 15) is 4.79 Å². The molecule has 30 heavy (non-hydrogen) atoms. The molecule has 3 atom stereocenters. The highest BCUT2D eigenvalue weighted by Gasteiger charge is 2.51. The maximum atomic E-state index is 11.9. The average Bonchev–Trinajstić information content (AvgIpc) is 2.79. The van der Waals surface area contributed by atoms with Crippen LogP contribution in [-0.4, -0.2) is 32.1 Å². The first-order valence-corrected chi connectivity index (χ1v) is 12.0. The topological polar surface area (TPSA) is 56.8 Å². The number of rotatable bonds is 5. The summed E-state index contributed by atoms with van der Waals surface area (Å²) in [5.41, 5.74) is 3.26. The Labute approximate surface area is 179 Å². The fraction of sp³-hybridized carbons (Fsp3) is 0.720. The lowest BCUT2D eigenvalue weighted by Crippen LogP contribution is -2.59. The minimum Gasteiger partial charge on any atom is -0.457 e. The number of ether oxygens (including phenoxy) is 3. The number of carbonyl (C=O) groups excluding carboxylic acids is 1. The quantitative estimate of drug-likeness (QED) is 0.537. The molecule has 0 amide bonds. The van der Waals surface area contributed by atoms with E-state index in [1.54, 1.807) is 0 Å². The van der Waals surface area contributed by atoms with Gasteiger partial charge in [-0.1, -0.05) is 38.2 Å². The van der Waals surface area contributed by atoms with Gasteiger partial charge in [0.1, 0.15) is 5.75 Å². The first kappa shape index (κ1) is 20.2. The molecule has 164 valence electrons. The Morgan fingerprint density at radius 3 is 2.80 bits per heavy atom. The van der Waals surface area contributed by atoms with Gasteiger partial charge in [0, 0.05) is 11.5 Å². The number of nitrogens with one attached hydrogen (secondary N) is 1. The SMILES string of the molecule is O=C(OCOc1ccc2c(c1)[C@]13CCCC[C@@H]1[C@@H](C2)NCC3)OCC1CCCCC1. The van der Waals surface area contributed by atoms with Crippen LogP contribution in [0.4, 0.5) is 4.79 Å². The molecule has 1 aliphatic heterocycles. The molecule has 0 unspecified atom stereocenters. The van der Waals surface area contributed by atoms with Gasteiger partial charge in [-0.05, 0) is 80.2 Å². The second kappa shape index (κ2) is 8.78. The van der Waals surface area contributed by atoms with Crippen LogP contribution in [0.2, 0.25) is 0 Å². The molecule has 0 spiro atoms. The van der Waals surface area contributed by atoms with E-state index in [0.29, 0.717) is 24.0 Å². The summed E-state index contributed by atoms with van der Waals surface area (Å²) in [4.78, 5) is 11.9. The van der Waals surface area contributed by atoms with Crippen LogP contribution in [0.25, 0.3) is 0 Å². The highest BCUT2D eigenvalue weighted by atomic mass is 16.8. The smallest absolute Gasteiger partial charge is 0.457 e. The molecule has 1 aromatic carbocycles. The van der Waals surface area contributed by atoms with E-state index >= 15 is 0 Å². The lowest BCUT2D eigenvalue weighted by atomic mass is 9.53. The fourth-order valence-electron chi connectivity index (χ4n) is 6.72. The van der Waals surface area contributed by atoms with Crippen LogP contribution in [0.15, 0.2) is 18.2 Å². The van der Waals surface area contributed by atoms with Gasteiger partial charge in [0.25, 0.3) is 0 Å². The van der Waals surface area contributed by atoms with Gasteiger partial charge >= 0.3 is 6.16 Å². The minimum absolute atomic E-state index is 0.0943. The molecule has 2 bridgehead atoms. The van der Waals surface area contributed by atoms with Crippen LogP contribution in [-0.2, 0) is 21.3 Å². The number of fused-ring (bicyclic) bond motifs is 1.